The Hall–Kier alpha value is -2.04. The molecule has 1 aliphatic carbocycles. The molecule has 0 saturated heterocycles. The van der Waals surface area contributed by atoms with Gasteiger partial charge in [-0.2, -0.15) is 0 Å². The molecule has 0 spiro atoms. The van der Waals surface area contributed by atoms with Crippen molar-refractivity contribution in [1.82, 2.24) is 16.0 Å². The first-order chi connectivity index (χ1) is 10.6. The topological polar surface area (TPSA) is 70.2 Å². The molecule has 0 aromatic heterocycles. The molecule has 0 heterocycles. The maximum atomic E-state index is 11.7. The summed E-state index contributed by atoms with van der Waals surface area (Å²) in [5, 5.41) is 8.59. The molecule has 1 aliphatic rings. The molecule has 3 N–H and O–H groups in total. The highest BCUT2D eigenvalue weighted by atomic mass is 16.2. The van der Waals surface area contributed by atoms with Crippen molar-refractivity contribution in [2.45, 2.75) is 38.6 Å². The number of rotatable bonds is 6. The van der Waals surface area contributed by atoms with Gasteiger partial charge in [0.1, 0.15) is 0 Å². The van der Waals surface area contributed by atoms with Crippen molar-refractivity contribution in [2.75, 3.05) is 13.1 Å². The molecule has 0 bridgehead atoms. The fourth-order valence-electron chi connectivity index (χ4n) is 2.80. The summed E-state index contributed by atoms with van der Waals surface area (Å²) in [6.45, 7) is 3.05. The van der Waals surface area contributed by atoms with E-state index in [0.717, 1.165) is 12.0 Å². The van der Waals surface area contributed by atoms with Crippen LogP contribution in [0.3, 0.4) is 0 Å². The van der Waals surface area contributed by atoms with Gasteiger partial charge in [-0.3, -0.25) is 4.79 Å². The van der Waals surface area contributed by atoms with E-state index in [9.17, 15) is 9.59 Å². The molecule has 120 valence electrons. The van der Waals surface area contributed by atoms with E-state index in [-0.39, 0.29) is 18.0 Å². The Morgan fingerprint density at radius 1 is 1.09 bits per heavy atom. The van der Waals surface area contributed by atoms with E-state index in [0.29, 0.717) is 25.4 Å². The molecule has 3 amide bonds. The average Bonchev–Trinajstić information content (AvgIpc) is 2.90. The number of hydrogen-bond acceptors (Lipinski definition) is 2. The van der Waals surface area contributed by atoms with Gasteiger partial charge in [-0.05, 0) is 24.3 Å². The monoisotopic (exact) mass is 303 g/mol. The van der Waals surface area contributed by atoms with Crippen LogP contribution in [0, 0.1) is 5.92 Å². The first-order valence-electron chi connectivity index (χ1n) is 8.00. The quantitative estimate of drug-likeness (QED) is 0.702. The maximum Gasteiger partial charge on any atom is 0.315 e. The van der Waals surface area contributed by atoms with Gasteiger partial charge in [-0.15, -0.1) is 0 Å². The molecule has 0 aliphatic heterocycles. The van der Waals surface area contributed by atoms with Gasteiger partial charge in [0.2, 0.25) is 5.91 Å². The zero-order valence-electron chi connectivity index (χ0n) is 13.1. The largest absolute Gasteiger partial charge is 0.354 e. The van der Waals surface area contributed by atoms with Gasteiger partial charge in [-0.25, -0.2) is 4.79 Å². The minimum atomic E-state index is -0.143. The Kier molecular flexibility index (Phi) is 6.25. The van der Waals surface area contributed by atoms with E-state index >= 15 is 0 Å². The molecule has 1 aromatic rings. The number of nitrogens with one attached hydrogen (secondary N) is 3. The number of urea groups is 1. The van der Waals surface area contributed by atoms with Crippen molar-refractivity contribution >= 4 is 11.9 Å². The molecule has 2 atom stereocenters. The van der Waals surface area contributed by atoms with Crippen LogP contribution in [0.25, 0.3) is 0 Å². The molecule has 1 aromatic carbocycles. The van der Waals surface area contributed by atoms with Crippen LogP contribution >= 0.6 is 0 Å². The lowest BCUT2D eigenvalue weighted by atomic mass is 10.1. The van der Waals surface area contributed by atoms with E-state index in [1.54, 1.807) is 0 Å². The van der Waals surface area contributed by atoms with E-state index in [1.165, 1.54) is 12.8 Å². The van der Waals surface area contributed by atoms with Gasteiger partial charge >= 0.3 is 6.03 Å². The lowest BCUT2D eigenvalue weighted by molar-refractivity contribution is -0.120. The minimum Gasteiger partial charge on any atom is -0.354 e. The third-order valence-corrected chi connectivity index (χ3v) is 4.12. The van der Waals surface area contributed by atoms with Gasteiger partial charge in [0.25, 0.3) is 0 Å². The van der Waals surface area contributed by atoms with Crippen molar-refractivity contribution in [2.24, 2.45) is 5.92 Å². The Labute approximate surface area is 131 Å². The lowest BCUT2D eigenvalue weighted by Gasteiger charge is -2.17. The van der Waals surface area contributed by atoms with E-state index in [2.05, 4.69) is 22.9 Å². The Morgan fingerprint density at radius 2 is 1.82 bits per heavy atom. The predicted octanol–water partition coefficient (Wildman–Crippen LogP) is 1.83. The van der Waals surface area contributed by atoms with E-state index in [4.69, 9.17) is 0 Å². The van der Waals surface area contributed by atoms with Crippen LogP contribution < -0.4 is 16.0 Å². The Bertz CT molecular complexity index is 490. The normalized spacial score (nSPS) is 20.4. The summed E-state index contributed by atoms with van der Waals surface area (Å²) >= 11 is 0. The first kappa shape index (κ1) is 16.3. The third kappa shape index (κ3) is 5.39. The number of amides is 3. The third-order valence-electron chi connectivity index (χ3n) is 4.12. The second kappa shape index (κ2) is 8.41. The molecule has 22 heavy (non-hydrogen) atoms. The Balaban J connectivity index is 1.56. The van der Waals surface area contributed by atoms with Crippen LogP contribution in [0.5, 0.6) is 0 Å². The van der Waals surface area contributed by atoms with Crippen molar-refractivity contribution in [3.63, 3.8) is 0 Å². The molecular formula is C17H25N3O2. The molecule has 5 heteroatoms. The number of carbonyl (C=O) groups excluding carboxylic acids is 2. The van der Waals surface area contributed by atoms with Crippen LogP contribution in [0.1, 0.15) is 31.7 Å². The molecule has 2 rings (SSSR count). The van der Waals surface area contributed by atoms with Crippen molar-refractivity contribution in [3.8, 4) is 0 Å². The van der Waals surface area contributed by atoms with E-state index < -0.39 is 0 Å². The zero-order valence-corrected chi connectivity index (χ0v) is 13.1. The zero-order chi connectivity index (χ0) is 15.8. The molecule has 5 nitrogen and oxygen atoms in total. The van der Waals surface area contributed by atoms with Crippen LogP contribution in [0.4, 0.5) is 4.79 Å². The summed E-state index contributed by atoms with van der Waals surface area (Å²) < 4.78 is 0. The summed E-state index contributed by atoms with van der Waals surface area (Å²) in [6, 6.07) is 9.75. The Morgan fingerprint density at radius 3 is 2.50 bits per heavy atom. The molecular weight excluding hydrogens is 278 g/mol. The highest BCUT2D eigenvalue weighted by molar-refractivity contribution is 5.78. The fraction of sp³-hybridized carbons (Fsp3) is 0.529. The van der Waals surface area contributed by atoms with Crippen LogP contribution in [0.15, 0.2) is 30.3 Å². The summed E-state index contributed by atoms with van der Waals surface area (Å²) in [5.41, 5.74) is 0.987. The second-order valence-electron chi connectivity index (χ2n) is 5.93. The minimum absolute atomic E-state index is 0.0298. The van der Waals surface area contributed by atoms with Crippen LogP contribution in [-0.2, 0) is 11.2 Å². The smallest absolute Gasteiger partial charge is 0.315 e. The number of benzene rings is 1. The molecule has 0 radical (unpaired) electrons. The first-order valence-corrected chi connectivity index (χ1v) is 8.00. The van der Waals surface area contributed by atoms with Gasteiger partial charge in [-0.1, -0.05) is 43.7 Å². The van der Waals surface area contributed by atoms with Crippen molar-refractivity contribution < 1.29 is 9.59 Å². The van der Waals surface area contributed by atoms with Gasteiger partial charge in [0.15, 0.2) is 0 Å². The standard InChI is InChI=1S/C17H25N3O2/c1-13-6-5-9-15(13)20-17(22)19-11-10-18-16(21)12-14-7-3-2-4-8-14/h2-4,7-8,13,15H,5-6,9-12H2,1H3,(H,18,21)(H2,19,20,22)/t13-,15-/m0/s1. The highest BCUT2D eigenvalue weighted by Crippen LogP contribution is 2.24. The predicted molar refractivity (Wildman–Crippen MR) is 86.5 cm³/mol. The fourth-order valence-corrected chi connectivity index (χ4v) is 2.80. The van der Waals surface area contributed by atoms with Crippen molar-refractivity contribution in [1.29, 1.82) is 0 Å². The highest BCUT2D eigenvalue weighted by Gasteiger charge is 2.24. The van der Waals surface area contributed by atoms with Gasteiger partial charge in [0.05, 0.1) is 6.42 Å². The molecule has 1 saturated carbocycles. The van der Waals surface area contributed by atoms with Crippen molar-refractivity contribution in [3.05, 3.63) is 35.9 Å². The van der Waals surface area contributed by atoms with Gasteiger partial charge in [0, 0.05) is 19.1 Å². The second-order valence-corrected chi connectivity index (χ2v) is 5.93. The van der Waals surface area contributed by atoms with E-state index in [1.807, 2.05) is 30.3 Å². The average molecular weight is 303 g/mol. The lowest BCUT2D eigenvalue weighted by Crippen LogP contribution is -2.45. The number of hydrogen-bond donors (Lipinski definition) is 3. The molecule has 0 unspecified atom stereocenters. The summed E-state index contributed by atoms with van der Waals surface area (Å²) in [7, 11) is 0. The molecule has 1 fully saturated rings. The van der Waals surface area contributed by atoms with Crippen LogP contribution in [0.2, 0.25) is 0 Å². The summed E-state index contributed by atoms with van der Waals surface area (Å²) in [5.74, 6) is 0.522. The number of carbonyl (C=O) groups is 2. The summed E-state index contributed by atoms with van der Waals surface area (Å²) in [4.78, 5) is 23.5. The summed E-state index contributed by atoms with van der Waals surface area (Å²) in [6.07, 6.45) is 3.79. The SMILES string of the molecule is C[C@H]1CCC[C@@H]1NC(=O)NCCNC(=O)Cc1ccccc1. The van der Waals surface area contributed by atoms with Crippen LogP contribution in [-0.4, -0.2) is 31.1 Å². The van der Waals surface area contributed by atoms with Gasteiger partial charge < -0.3 is 16.0 Å². The maximum absolute atomic E-state index is 11.7.